The van der Waals surface area contributed by atoms with Crippen molar-refractivity contribution < 1.29 is 18.7 Å². The highest BCUT2D eigenvalue weighted by atomic mass is 35.5. The van der Waals surface area contributed by atoms with Crippen LogP contribution in [0.1, 0.15) is 30.4 Å². The van der Waals surface area contributed by atoms with E-state index in [0.29, 0.717) is 33.2 Å². The Labute approximate surface area is 166 Å². The second kappa shape index (κ2) is 8.24. The van der Waals surface area contributed by atoms with Crippen LogP contribution in [0.25, 0.3) is 5.57 Å². The van der Waals surface area contributed by atoms with Crippen molar-refractivity contribution in [3.8, 4) is 0 Å². The van der Waals surface area contributed by atoms with Gasteiger partial charge in [-0.25, -0.2) is 4.39 Å². The lowest BCUT2D eigenvalue weighted by Crippen LogP contribution is -2.34. The zero-order chi connectivity index (χ0) is 19.6. The summed E-state index contributed by atoms with van der Waals surface area (Å²) in [7, 11) is 0. The number of allylic oxidation sites excluding steroid dienone is 2. The van der Waals surface area contributed by atoms with Crippen molar-refractivity contribution in [2.24, 2.45) is 5.92 Å². The van der Waals surface area contributed by atoms with Crippen molar-refractivity contribution in [2.75, 3.05) is 6.61 Å². The maximum atomic E-state index is 13.3. The van der Waals surface area contributed by atoms with Gasteiger partial charge in [-0.05, 0) is 60.4 Å². The Balaban J connectivity index is 2.05. The molecule has 0 aromatic heterocycles. The average Bonchev–Trinajstić information content (AvgIpc) is 2.61. The van der Waals surface area contributed by atoms with E-state index in [1.54, 1.807) is 37.3 Å². The van der Waals surface area contributed by atoms with Gasteiger partial charge in [0, 0.05) is 16.0 Å². The summed E-state index contributed by atoms with van der Waals surface area (Å²) >= 11 is 12.3. The Hall–Kier alpha value is -2.17. The molecule has 1 aliphatic rings. The van der Waals surface area contributed by atoms with E-state index < -0.39 is 17.8 Å². The maximum absolute atomic E-state index is 13.3. The molecule has 2 atom stereocenters. The number of ketones is 1. The molecule has 0 saturated carbocycles. The first-order valence-corrected chi connectivity index (χ1v) is 9.28. The Bertz CT molecular complexity index is 906. The third-order valence-electron chi connectivity index (χ3n) is 4.58. The molecule has 0 heterocycles. The first-order valence-electron chi connectivity index (χ1n) is 8.52. The fourth-order valence-electron chi connectivity index (χ4n) is 3.34. The van der Waals surface area contributed by atoms with Gasteiger partial charge in [0.15, 0.2) is 5.78 Å². The van der Waals surface area contributed by atoms with Crippen LogP contribution < -0.4 is 0 Å². The molecular weight excluding hydrogens is 390 g/mol. The predicted octanol–water partition coefficient (Wildman–Crippen LogP) is 5.45. The molecule has 0 aliphatic heterocycles. The number of esters is 1. The molecule has 140 valence electrons. The quantitative estimate of drug-likeness (QED) is 0.500. The molecule has 3 rings (SSSR count). The van der Waals surface area contributed by atoms with Gasteiger partial charge in [-0.15, -0.1) is 0 Å². The number of rotatable bonds is 4. The van der Waals surface area contributed by atoms with Gasteiger partial charge < -0.3 is 4.74 Å². The van der Waals surface area contributed by atoms with Crippen LogP contribution >= 0.6 is 23.2 Å². The summed E-state index contributed by atoms with van der Waals surface area (Å²) in [5.74, 6) is -2.75. The van der Waals surface area contributed by atoms with E-state index in [1.807, 2.05) is 0 Å². The number of hydrogen-bond donors (Lipinski definition) is 0. The Morgan fingerprint density at radius 3 is 2.52 bits per heavy atom. The van der Waals surface area contributed by atoms with Crippen molar-refractivity contribution >= 4 is 40.5 Å². The van der Waals surface area contributed by atoms with Gasteiger partial charge in [0.1, 0.15) is 11.7 Å². The monoisotopic (exact) mass is 406 g/mol. The van der Waals surface area contributed by atoms with E-state index in [9.17, 15) is 14.0 Å². The van der Waals surface area contributed by atoms with Gasteiger partial charge in [0.05, 0.1) is 6.61 Å². The molecule has 3 nitrogen and oxygen atoms in total. The van der Waals surface area contributed by atoms with E-state index in [4.69, 9.17) is 27.9 Å². The van der Waals surface area contributed by atoms with Crippen LogP contribution in [0.15, 0.2) is 48.5 Å². The van der Waals surface area contributed by atoms with Crippen LogP contribution in [0, 0.1) is 11.7 Å². The van der Waals surface area contributed by atoms with Gasteiger partial charge in [-0.1, -0.05) is 41.4 Å². The largest absolute Gasteiger partial charge is 0.465 e. The SMILES string of the molecule is CCOC(=O)[C@@H]1C(=O)C=C(c2ccc(Cl)cc2Cl)C[C@H]1c1ccc(F)cc1. The van der Waals surface area contributed by atoms with Crippen LogP contribution in [-0.4, -0.2) is 18.4 Å². The van der Waals surface area contributed by atoms with E-state index in [1.165, 1.54) is 18.2 Å². The maximum Gasteiger partial charge on any atom is 0.317 e. The van der Waals surface area contributed by atoms with Gasteiger partial charge in [-0.3, -0.25) is 9.59 Å². The lowest BCUT2D eigenvalue weighted by molar-refractivity contribution is -0.151. The van der Waals surface area contributed by atoms with Crippen molar-refractivity contribution in [1.29, 1.82) is 0 Å². The molecule has 1 aliphatic carbocycles. The smallest absolute Gasteiger partial charge is 0.317 e. The first-order chi connectivity index (χ1) is 12.9. The second-order valence-corrected chi connectivity index (χ2v) is 7.13. The van der Waals surface area contributed by atoms with E-state index in [2.05, 4.69) is 0 Å². The molecular formula is C21H17Cl2FO3. The van der Waals surface area contributed by atoms with Crippen LogP contribution in [-0.2, 0) is 14.3 Å². The molecule has 0 radical (unpaired) electrons. The fraction of sp³-hybridized carbons (Fsp3) is 0.238. The average molecular weight is 407 g/mol. The Kier molecular flexibility index (Phi) is 5.98. The lowest BCUT2D eigenvalue weighted by Gasteiger charge is -2.29. The molecule has 0 saturated heterocycles. The highest BCUT2D eigenvalue weighted by Gasteiger charge is 2.40. The minimum Gasteiger partial charge on any atom is -0.465 e. The highest BCUT2D eigenvalue weighted by Crippen LogP contribution is 2.42. The van der Waals surface area contributed by atoms with Gasteiger partial charge in [-0.2, -0.15) is 0 Å². The Morgan fingerprint density at radius 2 is 1.89 bits per heavy atom. The van der Waals surface area contributed by atoms with Crippen molar-refractivity contribution in [3.63, 3.8) is 0 Å². The standard InChI is InChI=1S/C21H17Cl2FO3/c1-2-27-21(26)20-17(12-3-6-15(24)7-4-12)9-13(10-19(20)25)16-8-5-14(22)11-18(16)23/h3-8,10-11,17,20H,2,9H2,1H3/t17-,20-/m0/s1. The van der Waals surface area contributed by atoms with Crippen LogP contribution in [0.2, 0.25) is 10.0 Å². The minimum absolute atomic E-state index is 0.179. The van der Waals surface area contributed by atoms with Crippen LogP contribution in [0.4, 0.5) is 4.39 Å². The summed E-state index contributed by atoms with van der Waals surface area (Å²) in [5.41, 5.74) is 2.08. The molecule has 0 spiro atoms. The molecule has 2 aromatic carbocycles. The summed E-state index contributed by atoms with van der Waals surface area (Å²) in [6, 6.07) is 10.9. The number of benzene rings is 2. The molecule has 27 heavy (non-hydrogen) atoms. The molecule has 6 heteroatoms. The molecule has 2 aromatic rings. The Morgan fingerprint density at radius 1 is 1.19 bits per heavy atom. The third-order valence-corrected chi connectivity index (χ3v) is 5.13. The minimum atomic E-state index is -0.967. The molecule has 0 unspecified atom stereocenters. The van der Waals surface area contributed by atoms with Gasteiger partial charge in [0.25, 0.3) is 0 Å². The number of halogens is 3. The fourth-order valence-corrected chi connectivity index (χ4v) is 3.87. The summed E-state index contributed by atoms with van der Waals surface area (Å²) < 4.78 is 18.4. The molecule has 0 N–H and O–H groups in total. The normalized spacial score (nSPS) is 19.6. The van der Waals surface area contributed by atoms with Crippen LogP contribution in [0.5, 0.6) is 0 Å². The topological polar surface area (TPSA) is 43.4 Å². The highest BCUT2D eigenvalue weighted by molar-refractivity contribution is 6.35. The summed E-state index contributed by atoms with van der Waals surface area (Å²) in [6.45, 7) is 1.87. The summed E-state index contributed by atoms with van der Waals surface area (Å²) in [6.07, 6.45) is 1.83. The number of carbonyl (C=O) groups is 2. The van der Waals surface area contributed by atoms with Gasteiger partial charge in [0.2, 0.25) is 0 Å². The lowest BCUT2D eigenvalue weighted by atomic mass is 9.73. The molecule has 0 bridgehead atoms. The van der Waals surface area contributed by atoms with E-state index >= 15 is 0 Å². The van der Waals surface area contributed by atoms with E-state index in [-0.39, 0.29) is 18.2 Å². The second-order valence-electron chi connectivity index (χ2n) is 6.29. The molecule has 0 amide bonds. The first kappa shape index (κ1) is 19.6. The van der Waals surface area contributed by atoms with Crippen molar-refractivity contribution in [3.05, 3.63) is 75.5 Å². The summed E-state index contributed by atoms with van der Waals surface area (Å²) in [5, 5.41) is 0.917. The third kappa shape index (κ3) is 4.23. The van der Waals surface area contributed by atoms with Crippen LogP contribution in [0.3, 0.4) is 0 Å². The van der Waals surface area contributed by atoms with Gasteiger partial charge >= 0.3 is 5.97 Å². The summed E-state index contributed by atoms with van der Waals surface area (Å²) in [4.78, 5) is 25.2. The predicted molar refractivity (Wildman–Crippen MR) is 103 cm³/mol. The zero-order valence-corrected chi connectivity index (χ0v) is 16.1. The van der Waals surface area contributed by atoms with Crippen molar-refractivity contribution in [1.82, 2.24) is 0 Å². The molecule has 0 fully saturated rings. The number of hydrogen-bond acceptors (Lipinski definition) is 3. The van der Waals surface area contributed by atoms with E-state index in [0.717, 1.165) is 0 Å². The zero-order valence-electron chi connectivity index (χ0n) is 14.5. The number of ether oxygens (including phenoxy) is 1. The number of carbonyl (C=O) groups excluding carboxylic acids is 2. The van der Waals surface area contributed by atoms with Crippen molar-refractivity contribution in [2.45, 2.75) is 19.3 Å².